The number of hydrogen-bond acceptors (Lipinski definition) is 4. The molecule has 3 aliphatic rings. The van der Waals surface area contributed by atoms with Crippen molar-refractivity contribution in [1.29, 1.82) is 0 Å². The molecule has 3 aromatic rings. The van der Waals surface area contributed by atoms with Crippen LogP contribution in [0.25, 0.3) is 22.2 Å². The summed E-state index contributed by atoms with van der Waals surface area (Å²) in [5, 5.41) is 4.82. The van der Waals surface area contributed by atoms with E-state index in [0.717, 1.165) is 33.9 Å². The van der Waals surface area contributed by atoms with E-state index in [2.05, 4.69) is 50.3 Å². The molecule has 0 aromatic carbocycles. The van der Waals surface area contributed by atoms with Gasteiger partial charge in [-0.2, -0.15) is 0 Å². The van der Waals surface area contributed by atoms with Crippen molar-refractivity contribution in [2.24, 2.45) is 5.92 Å². The smallest absolute Gasteiger partial charge is 0.137 e. The molecule has 0 amide bonds. The van der Waals surface area contributed by atoms with Gasteiger partial charge in [0.15, 0.2) is 0 Å². The lowest BCUT2D eigenvalue weighted by Crippen LogP contribution is -2.59. The highest BCUT2D eigenvalue weighted by Crippen LogP contribution is 2.34. The number of rotatable bonds is 3. The van der Waals surface area contributed by atoms with Gasteiger partial charge in [-0.05, 0) is 63.0 Å². The third-order valence-electron chi connectivity index (χ3n) is 5.99. The molecule has 3 fully saturated rings. The van der Waals surface area contributed by atoms with Crippen molar-refractivity contribution in [3.8, 4) is 11.1 Å². The number of nitrogens with zero attached hydrogens (tertiary/aromatic N) is 3. The molecular formula is C20H23N5. The second-order valence-electron chi connectivity index (χ2n) is 7.36. The van der Waals surface area contributed by atoms with E-state index in [0.29, 0.717) is 12.1 Å². The summed E-state index contributed by atoms with van der Waals surface area (Å²) in [7, 11) is 0. The van der Waals surface area contributed by atoms with Gasteiger partial charge >= 0.3 is 0 Å². The van der Waals surface area contributed by atoms with Crippen molar-refractivity contribution in [1.82, 2.24) is 19.9 Å². The van der Waals surface area contributed by atoms with Crippen LogP contribution < -0.4 is 5.32 Å². The number of aromatic nitrogens is 3. The van der Waals surface area contributed by atoms with Crippen LogP contribution in [0.15, 0.2) is 42.9 Å². The Kier molecular flexibility index (Phi) is 3.48. The molecule has 6 heterocycles. The molecular weight excluding hydrogens is 310 g/mol. The first kappa shape index (κ1) is 14.9. The first-order chi connectivity index (χ1) is 12.3. The fourth-order valence-corrected chi connectivity index (χ4v) is 4.46. The largest absolute Gasteiger partial charge is 0.365 e. The van der Waals surface area contributed by atoms with E-state index in [1.165, 1.54) is 25.9 Å². The van der Waals surface area contributed by atoms with E-state index in [1.54, 1.807) is 0 Å². The van der Waals surface area contributed by atoms with Crippen LogP contribution in [0.4, 0.5) is 5.82 Å². The van der Waals surface area contributed by atoms with Crippen LogP contribution in [0.5, 0.6) is 0 Å². The van der Waals surface area contributed by atoms with Crippen LogP contribution in [0.2, 0.25) is 0 Å². The maximum Gasteiger partial charge on any atom is 0.137 e. The number of pyridine rings is 2. The maximum atomic E-state index is 4.67. The Hall–Kier alpha value is -2.40. The van der Waals surface area contributed by atoms with Gasteiger partial charge in [0.2, 0.25) is 0 Å². The lowest BCUT2D eigenvalue weighted by Gasteiger charge is -2.50. The van der Waals surface area contributed by atoms with Gasteiger partial charge in [-0.15, -0.1) is 0 Å². The highest BCUT2D eigenvalue weighted by Gasteiger charge is 2.39. The summed E-state index contributed by atoms with van der Waals surface area (Å²) in [6.07, 6.45) is 8.38. The number of hydrogen-bond donors (Lipinski definition) is 2. The molecule has 128 valence electrons. The fourth-order valence-electron chi connectivity index (χ4n) is 4.46. The Balaban J connectivity index is 1.36. The minimum atomic E-state index is 0.513. The van der Waals surface area contributed by atoms with Crippen molar-refractivity contribution in [3.63, 3.8) is 0 Å². The summed E-state index contributed by atoms with van der Waals surface area (Å²) < 4.78 is 0. The highest BCUT2D eigenvalue weighted by atomic mass is 15.2. The first-order valence-corrected chi connectivity index (χ1v) is 9.18. The third kappa shape index (κ3) is 2.59. The van der Waals surface area contributed by atoms with E-state index in [4.69, 9.17) is 0 Å². The van der Waals surface area contributed by atoms with Crippen molar-refractivity contribution < 1.29 is 0 Å². The number of H-pyrrole nitrogens is 1. The summed E-state index contributed by atoms with van der Waals surface area (Å²) in [5.74, 6) is 1.76. The van der Waals surface area contributed by atoms with Gasteiger partial charge in [0, 0.05) is 47.2 Å². The lowest BCUT2D eigenvalue weighted by molar-refractivity contribution is 0.0457. The van der Waals surface area contributed by atoms with Crippen molar-refractivity contribution in [3.05, 3.63) is 42.9 Å². The predicted octanol–water partition coefficient (Wildman–Crippen LogP) is 3.52. The van der Waals surface area contributed by atoms with Crippen LogP contribution in [-0.2, 0) is 0 Å². The molecule has 3 aromatic heterocycles. The monoisotopic (exact) mass is 333 g/mol. The average molecular weight is 333 g/mol. The summed E-state index contributed by atoms with van der Waals surface area (Å²) >= 11 is 0. The number of piperidine rings is 3. The van der Waals surface area contributed by atoms with Crippen molar-refractivity contribution in [2.75, 3.05) is 18.4 Å². The van der Waals surface area contributed by atoms with Gasteiger partial charge in [-0.1, -0.05) is 0 Å². The van der Waals surface area contributed by atoms with Gasteiger partial charge in [0.25, 0.3) is 0 Å². The Morgan fingerprint density at radius 2 is 1.92 bits per heavy atom. The Morgan fingerprint density at radius 1 is 1.08 bits per heavy atom. The molecule has 2 atom stereocenters. The highest BCUT2D eigenvalue weighted by molar-refractivity contribution is 5.81. The maximum absolute atomic E-state index is 4.67. The Bertz CT molecular complexity index is 874. The molecule has 2 N–H and O–H groups in total. The van der Waals surface area contributed by atoms with Crippen LogP contribution in [0.1, 0.15) is 19.8 Å². The molecule has 0 saturated carbocycles. The van der Waals surface area contributed by atoms with Gasteiger partial charge < -0.3 is 10.3 Å². The van der Waals surface area contributed by atoms with E-state index in [1.807, 2.05) is 24.7 Å². The van der Waals surface area contributed by atoms with E-state index >= 15 is 0 Å². The average Bonchev–Trinajstić information content (AvgIpc) is 3.13. The van der Waals surface area contributed by atoms with Gasteiger partial charge in [-0.3, -0.25) is 4.90 Å². The second-order valence-corrected chi connectivity index (χ2v) is 7.36. The molecule has 25 heavy (non-hydrogen) atoms. The summed E-state index contributed by atoms with van der Waals surface area (Å²) in [4.78, 5) is 14.9. The van der Waals surface area contributed by atoms with Crippen molar-refractivity contribution >= 4 is 16.9 Å². The van der Waals surface area contributed by atoms with E-state index < -0.39 is 0 Å². The molecule has 5 heteroatoms. The summed E-state index contributed by atoms with van der Waals surface area (Å²) in [5.41, 5.74) is 3.12. The molecule has 0 radical (unpaired) electrons. The Labute approximate surface area is 147 Å². The van der Waals surface area contributed by atoms with E-state index in [-0.39, 0.29) is 0 Å². The first-order valence-electron chi connectivity index (χ1n) is 9.18. The summed E-state index contributed by atoms with van der Waals surface area (Å²) in [6.45, 7) is 4.85. The van der Waals surface area contributed by atoms with Crippen molar-refractivity contribution in [2.45, 2.75) is 31.8 Å². The number of aromatic amines is 1. The Morgan fingerprint density at radius 3 is 2.68 bits per heavy atom. The molecule has 5 nitrogen and oxygen atoms in total. The molecule has 6 rings (SSSR count). The minimum Gasteiger partial charge on any atom is -0.365 e. The van der Waals surface area contributed by atoms with Crippen LogP contribution >= 0.6 is 0 Å². The third-order valence-corrected chi connectivity index (χ3v) is 5.99. The molecule has 3 saturated heterocycles. The molecule has 0 aliphatic carbocycles. The van der Waals surface area contributed by atoms with Gasteiger partial charge in [0.1, 0.15) is 11.5 Å². The summed E-state index contributed by atoms with van der Waals surface area (Å²) in [6, 6.07) is 9.54. The van der Waals surface area contributed by atoms with Crippen LogP contribution in [0.3, 0.4) is 0 Å². The topological polar surface area (TPSA) is 56.8 Å². The zero-order chi connectivity index (χ0) is 16.8. The number of anilines is 1. The quantitative estimate of drug-likeness (QED) is 0.770. The second kappa shape index (κ2) is 5.85. The van der Waals surface area contributed by atoms with Crippen LogP contribution in [0, 0.1) is 5.92 Å². The zero-order valence-corrected chi connectivity index (χ0v) is 14.4. The van der Waals surface area contributed by atoms with Gasteiger partial charge in [-0.25, -0.2) is 9.97 Å². The lowest BCUT2D eigenvalue weighted by atomic mass is 9.79. The molecule has 2 unspecified atom stereocenters. The fraction of sp³-hybridized carbons (Fsp3) is 0.400. The zero-order valence-electron chi connectivity index (χ0n) is 14.4. The van der Waals surface area contributed by atoms with E-state index in [9.17, 15) is 0 Å². The van der Waals surface area contributed by atoms with Gasteiger partial charge in [0.05, 0.1) is 0 Å². The standard InChI is InChI=1S/C20H23N5/c1-13-19(14-5-8-25(13)9-6-14)24-18-3-2-16(11-22-18)17-10-15-4-7-21-20(15)23-12-17/h2-4,7,10-14,19H,5-6,8-9H2,1H3,(H,21,23)(H,22,24). The molecule has 0 spiro atoms. The SMILES string of the molecule is CC1C(Nc2ccc(-c3cnc4[nH]ccc4c3)cn2)C2CCN1CC2. The number of nitrogens with one attached hydrogen (secondary N) is 2. The normalized spacial score (nSPS) is 28.4. The minimum absolute atomic E-state index is 0.513. The molecule has 2 bridgehead atoms. The number of fused-ring (bicyclic) bond motifs is 4. The molecule has 3 aliphatic heterocycles. The predicted molar refractivity (Wildman–Crippen MR) is 100 cm³/mol. The van der Waals surface area contributed by atoms with Crippen LogP contribution in [-0.4, -0.2) is 45.0 Å².